The van der Waals surface area contributed by atoms with E-state index >= 15 is 0 Å². The van der Waals surface area contributed by atoms with Crippen molar-refractivity contribution in [2.45, 2.75) is 38.6 Å². The van der Waals surface area contributed by atoms with E-state index in [-0.39, 0.29) is 5.82 Å². The number of anilines is 2. The number of rotatable bonds is 3. The van der Waals surface area contributed by atoms with Gasteiger partial charge in [0, 0.05) is 25.2 Å². The molecule has 1 aromatic rings. The van der Waals surface area contributed by atoms with Gasteiger partial charge >= 0.3 is 0 Å². The molecule has 1 aliphatic rings. The van der Waals surface area contributed by atoms with Crippen LogP contribution in [0.3, 0.4) is 0 Å². The maximum atomic E-state index is 14.1. The molecule has 0 aromatic heterocycles. The number of methoxy groups -OCH3 is 1. The van der Waals surface area contributed by atoms with Crippen LogP contribution in [-0.2, 0) is 0 Å². The van der Waals surface area contributed by atoms with E-state index in [9.17, 15) is 4.39 Å². The fraction of sp³-hybridized carbons (Fsp3) is 0.600. The molecule has 2 atom stereocenters. The number of ether oxygens (including phenoxy) is 1. The summed E-state index contributed by atoms with van der Waals surface area (Å²) in [6.07, 6.45) is 4.82. The molecular formula is C15H23FN2O. The lowest BCUT2D eigenvalue weighted by Gasteiger charge is -2.38. The maximum Gasteiger partial charge on any atom is 0.148 e. The molecule has 1 fully saturated rings. The zero-order valence-electron chi connectivity index (χ0n) is 11.9. The molecule has 1 aliphatic carbocycles. The van der Waals surface area contributed by atoms with Gasteiger partial charge in [-0.05, 0) is 18.8 Å². The minimum absolute atomic E-state index is 0.279. The monoisotopic (exact) mass is 266 g/mol. The molecular weight excluding hydrogens is 243 g/mol. The van der Waals surface area contributed by atoms with Gasteiger partial charge in [-0.1, -0.05) is 19.8 Å². The normalized spacial score (nSPS) is 23.2. The predicted molar refractivity (Wildman–Crippen MR) is 77.2 cm³/mol. The lowest BCUT2D eigenvalue weighted by Crippen LogP contribution is -2.39. The Morgan fingerprint density at radius 3 is 2.63 bits per heavy atom. The SMILES string of the molecule is COc1cc(N(C)C2CCCCC2C)c(F)cc1N. The second-order valence-corrected chi connectivity index (χ2v) is 5.49. The summed E-state index contributed by atoms with van der Waals surface area (Å²) in [7, 11) is 3.51. The first kappa shape index (κ1) is 14.0. The molecule has 1 aromatic carbocycles. The van der Waals surface area contributed by atoms with Crippen LogP contribution in [0.2, 0.25) is 0 Å². The summed E-state index contributed by atoms with van der Waals surface area (Å²) in [6.45, 7) is 2.24. The van der Waals surface area contributed by atoms with Gasteiger partial charge < -0.3 is 15.4 Å². The van der Waals surface area contributed by atoms with Crippen molar-refractivity contribution < 1.29 is 9.13 Å². The third kappa shape index (κ3) is 2.77. The molecule has 1 saturated carbocycles. The fourth-order valence-electron chi connectivity index (χ4n) is 3.06. The molecule has 0 heterocycles. The van der Waals surface area contributed by atoms with Crippen molar-refractivity contribution in [3.8, 4) is 5.75 Å². The molecule has 106 valence electrons. The topological polar surface area (TPSA) is 38.5 Å². The summed E-state index contributed by atoms with van der Waals surface area (Å²) < 4.78 is 19.3. The lowest BCUT2D eigenvalue weighted by molar-refractivity contribution is 0.320. The molecule has 0 aliphatic heterocycles. The van der Waals surface area contributed by atoms with Crippen molar-refractivity contribution >= 4 is 11.4 Å². The van der Waals surface area contributed by atoms with Gasteiger partial charge in [-0.3, -0.25) is 0 Å². The Morgan fingerprint density at radius 2 is 2.00 bits per heavy atom. The third-order valence-electron chi connectivity index (χ3n) is 4.24. The Hall–Kier alpha value is -1.45. The number of nitrogens with two attached hydrogens (primary N) is 1. The maximum absolute atomic E-state index is 14.1. The molecule has 2 unspecified atom stereocenters. The minimum Gasteiger partial charge on any atom is -0.495 e. The zero-order chi connectivity index (χ0) is 14.0. The van der Waals surface area contributed by atoms with Gasteiger partial charge in [0.15, 0.2) is 0 Å². The highest BCUT2D eigenvalue weighted by Gasteiger charge is 2.27. The molecule has 0 bridgehead atoms. The first-order valence-corrected chi connectivity index (χ1v) is 6.90. The number of hydrogen-bond acceptors (Lipinski definition) is 3. The highest BCUT2D eigenvalue weighted by atomic mass is 19.1. The number of hydrogen-bond donors (Lipinski definition) is 1. The van der Waals surface area contributed by atoms with Crippen LogP contribution in [-0.4, -0.2) is 20.2 Å². The second kappa shape index (κ2) is 5.68. The first-order chi connectivity index (χ1) is 9.04. The molecule has 2 N–H and O–H groups in total. The standard InChI is InChI=1S/C15H23FN2O/c1-10-6-4-5-7-13(10)18(2)14-9-15(19-3)12(17)8-11(14)16/h8-10,13H,4-7,17H2,1-3H3. The van der Waals surface area contributed by atoms with Crippen molar-refractivity contribution in [1.82, 2.24) is 0 Å². The first-order valence-electron chi connectivity index (χ1n) is 6.90. The van der Waals surface area contributed by atoms with E-state index in [1.165, 1.54) is 25.3 Å². The van der Waals surface area contributed by atoms with Crippen LogP contribution >= 0.6 is 0 Å². The van der Waals surface area contributed by atoms with Crippen LogP contribution in [0.5, 0.6) is 5.75 Å². The van der Waals surface area contributed by atoms with E-state index < -0.39 is 0 Å². The van der Waals surface area contributed by atoms with Crippen molar-refractivity contribution in [1.29, 1.82) is 0 Å². The molecule has 0 radical (unpaired) electrons. The quantitative estimate of drug-likeness (QED) is 0.852. The van der Waals surface area contributed by atoms with E-state index in [2.05, 4.69) is 6.92 Å². The lowest BCUT2D eigenvalue weighted by atomic mass is 9.85. The van der Waals surface area contributed by atoms with Gasteiger partial charge in [-0.15, -0.1) is 0 Å². The molecule has 4 heteroatoms. The Morgan fingerprint density at radius 1 is 1.32 bits per heavy atom. The van der Waals surface area contributed by atoms with Crippen LogP contribution in [0.1, 0.15) is 32.6 Å². The smallest absolute Gasteiger partial charge is 0.148 e. The molecule has 3 nitrogen and oxygen atoms in total. The summed E-state index contributed by atoms with van der Waals surface area (Å²) in [5, 5.41) is 0. The van der Waals surface area contributed by atoms with Crippen LogP contribution in [0.15, 0.2) is 12.1 Å². The fourth-order valence-corrected chi connectivity index (χ4v) is 3.06. The Bertz CT molecular complexity index is 450. The zero-order valence-corrected chi connectivity index (χ0v) is 11.9. The predicted octanol–water partition coefficient (Wildman–Crippen LogP) is 3.43. The number of halogens is 1. The van der Waals surface area contributed by atoms with Gasteiger partial charge in [-0.25, -0.2) is 4.39 Å². The Kier molecular flexibility index (Phi) is 4.17. The summed E-state index contributed by atoms with van der Waals surface area (Å²) >= 11 is 0. The summed E-state index contributed by atoms with van der Waals surface area (Å²) in [5.41, 5.74) is 6.64. The Labute approximate surface area is 114 Å². The largest absolute Gasteiger partial charge is 0.495 e. The van der Waals surface area contributed by atoms with E-state index in [0.29, 0.717) is 29.1 Å². The molecule has 0 amide bonds. The van der Waals surface area contributed by atoms with Crippen molar-refractivity contribution in [3.05, 3.63) is 17.9 Å². The molecule has 0 spiro atoms. The number of nitrogens with zero attached hydrogens (tertiary/aromatic N) is 1. The molecule has 19 heavy (non-hydrogen) atoms. The van der Waals surface area contributed by atoms with Gasteiger partial charge in [0.2, 0.25) is 0 Å². The van der Waals surface area contributed by atoms with Crippen LogP contribution < -0.4 is 15.4 Å². The Balaban J connectivity index is 2.29. The van der Waals surface area contributed by atoms with Gasteiger partial charge in [0.05, 0.1) is 18.5 Å². The average Bonchev–Trinajstić information content (AvgIpc) is 2.39. The highest BCUT2D eigenvalue weighted by Crippen LogP contribution is 2.35. The van der Waals surface area contributed by atoms with Crippen molar-refractivity contribution in [3.63, 3.8) is 0 Å². The molecule has 0 saturated heterocycles. The summed E-state index contributed by atoms with van der Waals surface area (Å²) in [6, 6.07) is 3.43. The minimum atomic E-state index is -0.279. The van der Waals surface area contributed by atoms with Crippen LogP contribution in [0.4, 0.5) is 15.8 Å². The van der Waals surface area contributed by atoms with Crippen molar-refractivity contribution in [2.24, 2.45) is 5.92 Å². The van der Waals surface area contributed by atoms with E-state index in [0.717, 1.165) is 6.42 Å². The second-order valence-electron chi connectivity index (χ2n) is 5.49. The van der Waals surface area contributed by atoms with E-state index in [1.807, 2.05) is 11.9 Å². The van der Waals surface area contributed by atoms with Crippen molar-refractivity contribution in [2.75, 3.05) is 24.8 Å². The van der Waals surface area contributed by atoms with Crippen LogP contribution in [0.25, 0.3) is 0 Å². The van der Waals surface area contributed by atoms with E-state index in [1.54, 1.807) is 13.2 Å². The third-order valence-corrected chi connectivity index (χ3v) is 4.24. The van der Waals surface area contributed by atoms with Gasteiger partial charge in [0.25, 0.3) is 0 Å². The highest BCUT2D eigenvalue weighted by molar-refractivity contribution is 5.63. The average molecular weight is 266 g/mol. The summed E-state index contributed by atoms with van der Waals surface area (Å²) in [5.74, 6) is 0.840. The van der Waals surface area contributed by atoms with Gasteiger partial charge in [-0.2, -0.15) is 0 Å². The van der Waals surface area contributed by atoms with Gasteiger partial charge in [0.1, 0.15) is 11.6 Å². The number of nitrogen functional groups attached to an aromatic ring is 1. The van der Waals surface area contributed by atoms with E-state index in [4.69, 9.17) is 10.5 Å². The summed E-state index contributed by atoms with van der Waals surface area (Å²) in [4.78, 5) is 2.04. The number of benzene rings is 1. The molecule has 2 rings (SSSR count). The van der Waals surface area contributed by atoms with Crippen LogP contribution in [0, 0.1) is 11.7 Å².